The first-order valence-corrected chi connectivity index (χ1v) is 4.57. The molecule has 0 aromatic heterocycles. The van der Waals surface area contributed by atoms with Crippen molar-refractivity contribution in [3.63, 3.8) is 0 Å². The summed E-state index contributed by atoms with van der Waals surface area (Å²) in [5.74, 6) is -0.168. The lowest BCUT2D eigenvalue weighted by Crippen LogP contribution is -2.26. The van der Waals surface area contributed by atoms with E-state index < -0.39 is 0 Å². The molecule has 2 unspecified atom stereocenters. The standard InChI is InChI=1S/C9H16O2/c1-7-8(2)11-9(10-7)5-3-4-6-9/h7-8H,3-6H2,1-2H3. The van der Waals surface area contributed by atoms with Gasteiger partial charge in [-0.25, -0.2) is 0 Å². The number of rotatable bonds is 0. The van der Waals surface area contributed by atoms with Crippen LogP contribution in [0.25, 0.3) is 0 Å². The smallest absolute Gasteiger partial charge is 0.169 e. The van der Waals surface area contributed by atoms with E-state index >= 15 is 0 Å². The zero-order valence-electron chi connectivity index (χ0n) is 7.30. The van der Waals surface area contributed by atoms with E-state index in [9.17, 15) is 0 Å². The van der Waals surface area contributed by atoms with E-state index in [4.69, 9.17) is 9.47 Å². The Balaban J connectivity index is 2.06. The third kappa shape index (κ3) is 1.18. The third-order valence-corrected chi connectivity index (χ3v) is 2.83. The van der Waals surface area contributed by atoms with Gasteiger partial charge in [-0.1, -0.05) is 0 Å². The normalized spacial score (nSPS) is 42.0. The molecule has 0 radical (unpaired) electrons. The van der Waals surface area contributed by atoms with Crippen molar-refractivity contribution in [3.8, 4) is 0 Å². The van der Waals surface area contributed by atoms with Gasteiger partial charge in [0.2, 0.25) is 0 Å². The maximum Gasteiger partial charge on any atom is 0.169 e. The fourth-order valence-corrected chi connectivity index (χ4v) is 2.05. The van der Waals surface area contributed by atoms with Gasteiger partial charge in [0.15, 0.2) is 5.79 Å². The monoisotopic (exact) mass is 156 g/mol. The zero-order chi connectivity index (χ0) is 7.90. The van der Waals surface area contributed by atoms with E-state index in [1.54, 1.807) is 0 Å². The summed E-state index contributed by atoms with van der Waals surface area (Å²) in [6, 6.07) is 0. The maximum atomic E-state index is 5.80. The second-order valence-corrected chi connectivity index (χ2v) is 3.76. The molecule has 2 rings (SSSR count). The molecule has 64 valence electrons. The topological polar surface area (TPSA) is 18.5 Å². The van der Waals surface area contributed by atoms with E-state index in [0.29, 0.717) is 0 Å². The molecule has 1 aliphatic carbocycles. The van der Waals surface area contributed by atoms with Gasteiger partial charge < -0.3 is 9.47 Å². The Hall–Kier alpha value is -0.0800. The van der Waals surface area contributed by atoms with Gasteiger partial charge in [-0.2, -0.15) is 0 Å². The second-order valence-electron chi connectivity index (χ2n) is 3.76. The van der Waals surface area contributed by atoms with Gasteiger partial charge in [-0.15, -0.1) is 0 Å². The summed E-state index contributed by atoms with van der Waals surface area (Å²) in [5.41, 5.74) is 0. The SMILES string of the molecule is CC1OC2(CCCC2)OC1C. The fourth-order valence-electron chi connectivity index (χ4n) is 2.05. The first-order valence-electron chi connectivity index (χ1n) is 4.57. The van der Waals surface area contributed by atoms with E-state index in [2.05, 4.69) is 13.8 Å². The van der Waals surface area contributed by atoms with Crippen LogP contribution in [0.1, 0.15) is 39.5 Å². The summed E-state index contributed by atoms with van der Waals surface area (Å²) in [6.45, 7) is 4.19. The van der Waals surface area contributed by atoms with Gasteiger partial charge in [0.25, 0.3) is 0 Å². The van der Waals surface area contributed by atoms with E-state index in [1.165, 1.54) is 12.8 Å². The Labute approximate surface area is 67.9 Å². The van der Waals surface area contributed by atoms with Crippen LogP contribution in [-0.4, -0.2) is 18.0 Å². The summed E-state index contributed by atoms with van der Waals surface area (Å²) in [4.78, 5) is 0. The molecular formula is C9H16O2. The lowest BCUT2D eigenvalue weighted by molar-refractivity contribution is -0.166. The lowest BCUT2D eigenvalue weighted by atomic mass is 10.2. The molecular weight excluding hydrogens is 140 g/mol. The van der Waals surface area contributed by atoms with Crippen molar-refractivity contribution in [1.82, 2.24) is 0 Å². The number of hydrogen-bond acceptors (Lipinski definition) is 2. The van der Waals surface area contributed by atoms with Gasteiger partial charge in [0, 0.05) is 12.8 Å². The highest BCUT2D eigenvalue weighted by molar-refractivity contribution is 4.85. The van der Waals surface area contributed by atoms with Crippen LogP contribution in [0.15, 0.2) is 0 Å². The van der Waals surface area contributed by atoms with Crippen molar-refractivity contribution in [2.75, 3.05) is 0 Å². The van der Waals surface area contributed by atoms with E-state index in [1.807, 2.05) is 0 Å². The Kier molecular flexibility index (Phi) is 1.69. The van der Waals surface area contributed by atoms with Crippen LogP contribution in [-0.2, 0) is 9.47 Å². The molecule has 2 heteroatoms. The molecule has 0 bridgehead atoms. The van der Waals surface area contributed by atoms with Crippen molar-refractivity contribution in [2.45, 2.75) is 57.5 Å². The zero-order valence-corrected chi connectivity index (χ0v) is 7.30. The predicted molar refractivity (Wildman–Crippen MR) is 42.3 cm³/mol. The molecule has 2 fully saturated rings. The molecule has 2 nitrogen and oxygen atoms in total. The lowest BCUT2D eigenvalue weighted by Gasteiger charge is -2.21. The Bertz CT molecular complexity index is 138. The van der Waals surface area contributed by atoms with Gasteiger partial charge in [0.1, 0.15) is 0 Å². The quantitative estimate of drug-likeness (QED) is 0.534. The summed E-state index contributed by atoms with van der Waals surface area (Å²) in [7, 11) is 0. The van der Waals surface area contributed by atoms with Crippen LogP contribution in [0, 0.1) is 0 Å². The highest BCUT2D eigenvalue weighted by atomic mass is 16.8. The first kappa shape index (κ1) is 7.56. The summed E-state index contributed by atoms with van der Waals surface area (Å²) in [5, 5.41) is 0. The minimum absolute atomic E-state index is 0.168. The van der Waals surface area contributed by atoms with Crippen molar-refractivity contribution < 1.29 is 9.47 Å². The second kappa shape index (κ2) is 2.46. The van der Waals surface area contributed by atoms with E-state index in [0.717, 1.165) is 12.8 Å². The Morgan fingerprint density at radius 1 is 1.00 bits per heavy atom. The first-order chi connectivity index (χ1) is 5.22. The molecule has 2 aliphatic rings. The van der Waals surface area contributed by atoms with Gasteiger partial charge in [-0.05, 0) is 26.7 Å². The minimum Gasteiger partial charge on any atom is -0.344 e. The molecule has 1 heterocycles. The van der Waals surface area contributed by atoms with Crippen molar-refractivity contribution >= 4 is 0 Å². The Morgan fingerprint density at radius 3 is 1.91 bits per heavy atom. The molecule has 11 heavy (non-hydrogen) atoms. The molecule has 0 amide bonds. The average molecular weight is 156 g/mol. The Morgan fingerprint density at radius 2 is 1.45 bits per heavy atom. The van der Waals surface area contributed by atoms with Gasteiger partial charge in [-0.3, -0.25) is 0 Å². The van der Waals surface area contributed by atoms with Crippen LogP contribution >= 0.6 is 0 Å². The van der Waals surface area contributed by atoms with Crippen molar-refractivity contribution in [3.05, 3.63) is 0 Å². The van der Waals surface area contributed by atoms with E-state index in [-0.39, 0.29) is 18.0 Å². The molecule has 1 saturated carbocycles. The van der Waals surface area contributed by atoms with Crippen LogP contribution in [0.2, 0.25) is 0 Å². The largest absolute Gasteiger partial charge is 0.344 e. The average Bonchev–Trinajstić information content (AvgIpc) is 2.46. The number of ether oxygens (including phenoxy) is 2. The molecule has 1 spiro atoms. The predicted octanol–water partition coefficient (Wildman–Crippen LogP) is 2.08. The minimum atomic E-state index is -0.168. The molecule has 0 aromatic carbocycles. The van der Waals surface area contributed by atoms with Crippen LogP contribution < -0.4 is 0 Å². The molecule has 0 aromatic rings. The van der Waals surface area contributed by atoms with Crippen LogP contribution in [0.5, 0.6) is 0 Å². The van der Waals surface area contributed by atoms with Crippen LogP contribution in [0.4, 0.5) is 0 Å². The summed E-state index contributed by atoms with van der Waals surface area (Å²) in [6.07, 6.45) is 5.30. The van der Waals surface area contributed by atoms with Crippen LogP contribution in [0.3, 0.4) is 0 Å². The third-order valence-electron chi connectivity index (χ3n) is 2.83. The summed E-state index contributed by atoms with van der Waals surface area (Å²) < 4.78 is 11.6. The highest BCUT2D eigenvalue weighted by Crippen LogP contribution is 2.41. The molecule has 2 atom stereocenters. The molecule has 1 aliphatic heterocycles. The molecule has 0 N–H and O–H groups in total. The number of hydrogen-bond donors (Lipinski definition) is 0. The fraction of sp³-hybridized carbons (Fsp3) is 1.00. The van der Waals surface area contributed by atoms with Crippen molar-refractivity contribution in [1.29, 1.82) is 0 Å². The van der Waals surface area contributed by atoms with Gasteiger partial charge in [0.05, 0.1) is 12.2 Å². The summed E-state index contributed by atoms with van der Waals surface area (Å²) >= 11 is 0. The van der Waals surface area contributed by atoms with Crippen molar-refractivity contribution in [2.24, 2.45) is 0 Å². The molecule has 1 saturated heterocycles. The van der Waals surface area contributed by atoms with Gasteiger partial charge >= 0.3 is 0 Å². The maximum absolute atomic E-state index is 5.80. The highest BCUT2D eigenvalue weighted by Gasteiger charge is 2.45.